The van der Waals surface area contributed by atoms with Gasteiger partial charge in [-0.2, -0.15) is 0 Å². The predicted octanol–water partition coefficient (Wildman–Crippen LogP) is 0.549. The van der Waals surface area contributed by atoms with Gasteiger partial charge in [-0.15, -0.1) is 0 Å². The van der Waals surface area contributed by atoms with E-state index in [2.05, 4.69) is 11.9 Å². The Balaban J connectivity index is 2.23. The van der Waals surface area contributed by atoms with Crippen LogP contribution in [-0.2, 0) is 4.74 Å². The molecule has 2 amide bonds. The number of hydrogen-bond donors (Lipinski definition) is 2. The van der Waals surface area contributed by atoms with Gasteiger partial charge in [0.25, 0.3) is 0 Å². The summed E-state index contributed by atoms with van der Waals surface area (Å²) in [5, 5.41) is 2.83. The summed E-state index contributed by atoms with van der Waals surface area (Å²) in [6.07, 6.45) is 5.77. The standard InChI is InChI=1S/C10H22N2O2Si/c1-15-10(5-2-3-8-14-10)6-4-7-12-9(11)13/h2-8,15H2,1H3,(H3,11,12,13). The van der Waals surface area contributed by atoms with Gasteiger partial charge < -0.3 is 15.8 Å². The largest absolute Gasteiger partial charge is 0.379 e. The van der Waals surface area contributed by atoms with Gasteiger partial charge in [-0.25, -0.2) is 4.79 Å². The molecule has 0 radical (unpaired) electrons. The van der Waals surface area contributed by atoms with Crippen molar-refractivity contribution in [3.63, 3.8) is 0 Å². The Morgan fingerprint density at radius 1 is 1.60 bits per heavy atom. The third-order valence-corrected chi connectivity index (χ3v) is 5.39. The van der Waals surface area contributed by atoms with Crippen LogP contribution in [-0.4, -0.2) is 33.9 Å². The minimum Gasteiger partial charge on any atom is -0.379 e. The Kier molecular flexibility index (Phi) is 5.11. The average Bonchev–Trinajstić information content (AvgIpc) is 2.26. The molecule has 4 nitrogen and oxygen atoms in total. The Morgan fingerprint density at radius 2 is 2.40 bits per heavy atom. The molecule has 5 heteroatoms. The minimum atomic E-state index is -0.428. The highest BCUT2D eigenvalue weighted by Gasteiger charge is 2.30. The van der Waals surface area contributed by atoms with Gasteiger partial charge in [-0.1, -0.05) is 6.55 Å². The van der Waals surface area contributed by atoms with Crippen molar-refractivity contribution in [3.8, 4) is 0 Å². The zero-order valence-electron chi connectivity index (χ0n) is 9.55. The lowest BCUT2D eigenvalue weighted by atomic mass is 10.0. The summed E-state index contributed by atoms with van der Waals surface area (Å²) in [4.78, 5) is 10.5. The van der Waals surface area contributed by atoms with Crippen LogP contribution in [0.1, 0.15) is 32.1 Å². The first-order valence-corrected chi connectivity index (χ1v) is 7.98. The summed E-state index contributed by atoms with van der Waals surface area (Å²) < 4.78 is 5.94. The highest BCUT2D eigenvalue weighted by molar-refractivity contribution is 6.37. The van der Waals surface area contributed by atoms with E-state index in [1.54, 1.807) is 0 Å². The molecule has 88 valence electrons. The van der Waals surface area contributed by atoms with Gasteiger partial charge in [-0.05, 0) is 32.1 Å². The first-order chi connectivity index (χ1) is 7.18. The highest BCUT2D eigenvalue weighted by atomic mass is 28.2. The molecule has 1 unspecified atom stereocenters. The topological polar surface area (TPSA) is 64.3 Å². The summed E-state index contributed by atoms with van der Waals surface area (Å²) in [7, 11) is -0.152. The molecule has 1 aliphatic rings. The van der Waals surface area contributed by atoms with Crippen molar-refractivity contribution in [1.29, 1.82) is 0 Å². The normalized spacial score (nSPS) is 27.0. The van der Waals surface area contributed by atoms with E-state index in [0.29, 0.717) is 6.54 Å². The van der Waals surface area contributed by atoms with Crippen LogP contribution in [0.3, 0.4) is 0 Å². The second-order valence-electron chi connectivity index (χ2n) is 4.24. The minimum absolute atomic E-state index is 0.152. The molecule has 15 heavy (non-hydrogen) atoms. The summed E-state index contributed by atoms with van der Waals surface area (Å²) in [5.41, 5.74) is 5.00. The molecule has 1 saturated heterocycles. The number of rotatable bonds is 5. The predicted molar refractivity (Wildman–Crippen MR) is 63.8 cm³/mol. The number of nitrogens with two attached hydrogens (primary N) is 1. The van der Waals surface area contributed by atoms with Crippen LogP contribution in [0.25, 0.3) is 0 Å². The maximum Gasteiger partial charge on any atom is 0.312 e. The van der Waals surface area contributed by atoms with Crippen molar-refractivity contribution in [2.75, 3.05) is 13.2 Å². The van der Waals surface area contributed by atoms with Gasteiger partial charge in [0.15, 0.2) is 0 Å². The Labute approximate surface area is 93.8 Å². The number of carbonyl (C=O) groups is 1. The molecule has 0 spiro atoms. The van der Waals surface area contributed by atoms with Crippen LogP contribution < -0.4 is 11.1 Å². The van der Waals surface area contributed by atoms with Crippen LogP contribution in [0.2, 0.25) is 6.55 Å². The van der Waals surface area contributed by atoms with E-state index in [0.717, 1.165) is 19.4 Å². The van der Waals surface area contributed by atoms with Gasteiger partial charge in [0.2, 0.25) is 0 Å². The van der Waals surface area contributed by atoms with Gasteiger partial charge in [0.05, 0.1) is 14.7 Å². The molecule has 1 atom stereocenters. The Bertz CT molecular complexity index is 206. The molecule has 3 N–H and O–H groups in total. The number of urea groups is 1. The number of nitrogens with one attached hydrogen (secondary N) is 1. The van der Waals surface area contributed by atoms with E-state index in [-0.39, 0.29) is 14.7 Å². The van der Waals surface area contributed by atoms with Crippen molar-refractivity contribution < 1.29 is 9.53 Å². The molecule has 0 aromatic carbocycles. The van der Waals surface area contributed by atoms with Crippen LogP contribution >= 0.6 is 0 Å². The molecule has 0 aliphatic carbocycles. The lowest BCUT2D eigenvalue weighted by molar-refractivity contribution is -0.0259. The van der Waals surface area contributed by atoms with E-state index in [1.165, 1.54) is 19.3 Å². The highest BCUT2D eigenvalue weighted by Crippen LogP contribution is 2.28. The number of primary amides is 1. The Morgan fingerprint density at radius 3 is 2.93 bits per heavy atom. The molecule has 1 fully saturated rings. The molecule has 1 rings (SSSR count). The molecule has 0 aromatic rings. The zero-order valence-corrected chi connectivity index (χ0v) is 11.0. The fourth-order valence-corrected chi connectivity index (χ4v) is 3.74. The summed E-state index contributed by atoms with van der Waals surface area (Å²) in [5.74, 6) is 0. The lowest BCUT2D eigenvalue weighted by Gasteiger charge is -2.36. The smallest absolute Gasteiger partial charge is 0.312 e. The molecular formula is C10H22N2O2Si. The van der Waals surface area contributed by atoms with Crippen LogP contribution in [0, 0.1) is 0 Å². The maximum absolute atomic E-state index is 10.5. The monoisotopic (exact) mass is 230 g/mol. The molecule has 0 aromatic heterocycles. The maximum atomic E-state index is 10.5. The second kappa shape index (κ2) is 6.12. The van der Waals surface area contributed by atoms with E-state index in [9.17, 15) is 4.79 Å². The van der Waals surface area contributed by atoms with Crippen molar-refractivity contribution in [2.45, 2.75) is 43.9 Å². The number of ether oxygens (including phenoxy) is 1. The van der Waals surface area contributed by atoms with Gasteiger partial charge >= 0.3 is 6.03 Å². The molecule has 0 saturated carbocycles. The lowest BCUT2D eigenvalue weighted by Crippen LogP contribution is -2.42. The zero-order chi connectivity index (χ0) is 11.1. The van der Waals surface area contributed by atoms with Gasteiger partial charge in [-0.3, -0.25) is 0 Å². The number of amides is 2. The SMILES string of the molecule is C[SiH2]C1(CCCNC(N)=O)CCCCO1. The van der Waals surface area contributed by atoms with E-state index < -0.39 is 6.03 Å². The first kappa shape index (κ1) is 12.5. The van der Waals surface area contributed by atoms with Crippen molar-refractivity contribution in [3.05, 3.63) is 0 Å². The van der Waals surface area contributed by atoms with Crippen LogP contribution in [0.4, 0.5) is 4.79 Å². The van der Waals surface area contributed by atoms with E-state index in [4.69, 9.17) is 10.5 Å². The third kappa shape index (κ3) is 4.21. The number of carbonyl (C=O) groups excluding carboxylic acids is 1. The fourth-order valence-electron chi connectivity index (χ4n) is 2.19. The number of hydrogen-bond acceptors (Lipinski definition) is 2. The quantitative estimate of drug-likeness (QED) is 0.535. The average molecular weight is 230 g/mol. The van der Waals surface area contributed by atoms with Crippen LogP contribution in [0.5, 0.6) is 0 Å². The van der Waals surface area contributed by atoms with Gasteiger partial charge in [0.1, 0.15) is 0 Å². The molecule has 1 aliphatic heterocycles. The summed E-state index contributed by atoms with van der Waals surface area (Å²) in [6.45, 7) is 3.91. The molecule has 1 heterocycles. The van der Waals surface area contributed by atoms with Crippen LogP contribution in [0.15, 0.2) is 0 Å². The third-order valence-electron chi connectivity index (χ3n) is 3.19. The second-order valence-corrected chi connectivity index (χ2v) is 6.23. The van der Waals surface area contributed by atoms with Gasteiger partial charge in [0, 0.05) is 13.2 Å². The molecule has 0 bridgehead atoms. The summed E-state index contributed by atoms with van der Waals surface area (Å²) in [6, 6.07) is -0.428. The van der Waals surface area contributed by atoms with E-state index >= 15 is 0 Å². The van der Waals surface area contributed by atoms with Crippen molar-refractivity contribution in [2.24, 2.45) is 5.73 Å². The van der Waals surface area contributed by atoms with E-state index in [1.807, 2.05) is 0 Å². The first-order valence-electron chi connectivity index (χ1n) is 5.86. The van der Waals surface area contributed by atoms with Crippen molar-refractivity contribution in [1.82, 2.24) is 5.32 Å². The Hall–Kier alpha value is -0.553. The molecular weight excluding hydrogens is 208 g/mol. The summed E-state index contributed by atoms with van der Waals surface area (Å²) >= 11 is 0. The fraction of sp³-hybridized carbons (Fsp3) is 0.900. The van der Waals surface area contributed by atoms with Crippen molar-refractivity contribution >= 4 is 15.6 Å².